The summed E-state index contributed by atoms with van der Waals surface area (Å²) in [6.07, 6.45) is 5.87. The molecule has 0 saturated heterocycles. The van der Waals surface area contributed by atoms with Gasteiger partial charge >= 0.3 is 0 Å². The van der Waals surface area contributed by atoms with Crippen molar-refractivity contribution in [1.82, 2.24) is 4.90 Å². The molecule has 0 fully saturated rings. The van der Waals surface area contributed by atoms with Gasteiger partial charge in [-0.1, -0.05) is 19.2 Å². The SMILES string of the molecule is C=CC=C1C(=NC=C)N=CC(=O)N1C. The lowest BCUT2D eigenvalue weighted by Gasteiger charge is -2.21. The zero-order chi connectivity index (χ0) is 10.6. The lowest BCUT2D eigenvalue weighted by atomic mass is 10.3. The number of amides is 1. The molecule has 0 aromatic heterocycles. The summed E-state index contributed by atoms with van der Waals surface area (Å²) in [5.41, 5.74) is 0.618. The molecule has 1 rings (SSSR count). The van der Waals surface area contributed by atoms with Crippen LogP contribution in [0.4, 0.5) is 0 Å². The maximum atomic E-state index is 11.2. The van der Waals surface area contributed by atoms with Crippen LogP contribution in [0.15, 0.2) is 47.2 Å². The second-order valence-corrected chi connectivity index (χ2v) is 2.58. The number of likely N-dealkylation sites (N-methyl/N-ethyl adjacent to an activating group) is 1. The van der Waals surface area contributed by atoms with E-state index in [1.165, 1.54) is 17.3 Å². The number of carbonyl (C=O) groups is 1. The minimum atomic E-state index is -0.180. The second-order valence-electron chi connectivity index (χ2n) is 2.58. The number of carbonyl (C=O) groups excluding carboxylic acids is 1. The molecule has 1 aliphatic rings. The maximum absolute atomic E-state index is 11.2. The van der Waals surface area contributed by atoms with E-state index in [9.17, 15) is 4.79 Å². The Balaban J connectivity index is 3.19. The van der Waals surface area contributed by atoms with Crippen LogP contribution in [-0.2, 0) is 4.79 Å². The second kappa shape index (κ2) is 4.32. The quantitative estimate of drug-likeness (QED) is 0.642. The van der Waals surface area contributed by atoms with Crippen LogP contribution in [0.3, 0.4) is 0 Å². The topological polar surface area (TPSA) is 45.0 Å². The minimum absolute atomic E-state index is 0.180. The van der Waals surface area contributed by atoms with E-state index in [2.05, 4.69) is 23.1 Å². The summed E-state index contributed by atoms with van der Waals surface area (Å²) < 4.78 is 0. The predicted molar refractivity (Wildman–Crippen MR) is 57.2 cm³/mol. The molecule has 0 spiro atoms. The van der Waals surface area contributed by atoms with Crippen LogP contribution in [0.5, 0.6) is 0 Å². The van der Waals surface area contributed by atoms with Crippen LogP contribution in [0.1, 0.15) is 0 Å². The average molecular weight is 189 g/mol. The molecule has 72 valence electrons. The molecule has 1 aliphatic heterocycles. The first-order chi connectivity index (χ1) is 6.70. The summed E-state index contributed by atoms with van der Waals surface area (Å²) in [5.74, 6) is 0.281. The van der Waals surface area contributed by atoms with Gasteiger partial charge in [-0.15, -0.1) is 0 Å². The fourth-order valence-corrected chi connectivity index (χ4v) is 1.02. The van der Waals surface area contributed by atoms with Gasteiger partial charge in [-0.2, -0.15) is 0 Å². The van der Waals surface area contributed by atoms with Crippen molar-refractivity contribution < 1.29 is 4.79 Å². The highest BCUT2D eigenvalue weighted by molar-refractivity contribution is 6.33. The van der Waals surface area contributed by atoms with Crippen molar-refractivity contribution in [1.29, 1.82) is 0 Å². The van der Waals surface area contributed by atoms with E-state index in [0.717, 1.165) is 0 Å². The summed E-state index contributed by atoms with van der Waals surface area (Å²) in [7, 11) is 1.65. The van der Waals surface area contributed by atoms with Crippen LogP contribution < -0.4 is 0 Å². The van der Waals surface area contributed by atoms with Gasteiger partial charge in [0.2, 0.25) is 0 Å². The molecule has 0 saturated carbocycles. The van der Waals surface area contributed by atoms with Crippen LogP contribution in [0.25, 0.3) is 0 Å². The molecule has 4 heteroatoms. The van der Waals surface area contributed by atoms with Crippen LogP contribution in [0.2, 0.25) is 0 Å². The third-order valence-corrected chi connectivity index (χ3v) is 1.71. The first-order valence-corrected chi connectivity index (χ1v) is 4.04. The molecular formula is C10H11N3O. The smallest absolute Gasteiger partial charge is 0.269 e. The Hall–Kier alpha value is -1.97. The van der Waals surface area contributed by atoms with Crippen LogP contribution in [-0.4, -0.2) is 29.9 Å². The van der Waals surface area contributed by atoms with Gasteiger partial charge in [-0.25, -0.2) is 9.98 Å². The molecule has 1 heterocycles. The predicted octanol–water partition coefficient (Wildman–Crippen LogP) is 1.14. The Morgan fingerprint density at radius 2 is 2.29 bits per heavy atom. The zero-order valence-electron chi connectivity index (χ0n) is 7.97. The molecule has 14 heavy (non-hydrogen) atoms. The fourth-order valence-electron chi connectivity index (χ4n) is 1.02. The van der Waals surface area contributed by atoms with E-state index in [-0.39, 0.29) is 5.91 Å². The molecule has 0 aromatic rings. The van der Waals surface area contributed by atoms with E-state index in [0.29, 0.717) is 11.5 Å². The van der Waals surface area contributed by atoms with Crippen molar-refractivity contribution in [2.45, 2.75) is 0 Å². The van der Waals surface area contributed by atoms with Crippen molar-refractivity contribution >= 4 is 18.0 Å². The molecule has 0 unspecified atom stereocenters. The molecule has 0 atom stereocenters. The Kier molecular flexibility index (Phi) is 3.12. The molecule has 0 aliphatic carbocycles. The molecule has 0 aromatic carbocycles. The highest BCUT2D eigenvalue weighted by atomic mass is 16.2. The number of aliphatic imine (C=N–C) groups is 2. The Labute approximate surface area is 82.7 Å². The largest absolute Gasteiger partial charge is 0.307 e. The van der Waals surface area contributed by atoms with Gasteiger partial charge in [0.25, 0.3) is 5.91 Å². The summed E-state index contributed by atoms with van der Waals surface area (Å²) in [5, 5.41) is 0. The third kappa shape index (κ3) is 1.85. The lowest BCUT2D eigenvalue weighted by Crippen LogP contribution is -2.34. The number of hydrogen-bond acceptors (Lipinski definition) is 2. The average Bonchev–Trinajstić information content (AvgIpc) is 2.18. The molecule has 0 bridgehead atoms. The number of rotatable bonds is 2. The van der Waals surface area contributed by atoms with Gasteiger partial charge in [-0.3, -0.25) is 4.79 Å². The highest BCUT2D eigenvalue weighted by Gasteiger charge is 2.20. The first kappa shape index (κ1) is 10.1. The maximum Gasteiger partial charge on any atom is 0.269 e. The van der Waals surface area contributed by atoms with E-state index in [1.807, 2.05) is 0 Å². The van der Waals surface area contributed by atoms with Crippen LogP contribution in [0, 0.1) is 0 Å². The van der Waals surface area contributed by atoms with E-state index in [4.69, 9.17) is 0 Å². The monoisotopic (exact) mass is 189 g/mol. The minimum Gasteiger partial charge on any atom is -0.307 e. The number of nitrogens with zero attached hydrogens (tertiary/aromatic N) is 3. The molecule has 0 N–H and O–H groups in total. The molecular weight excluding hydrogens is 178 g/mol. The summed E-state index contributed by atoms with van der Waals surface area (Å²) >= 11 is 0. The van der Waals surface area contributed by atoms with E-state index < -0.39 is 0 Å². The summed E-state index contributed by atoms with van der Waals surface area (Å²) in [6.45, 7) is 7.04. The first-order valence-electron chi connectivity index (χ1n) is 4.04. The zero-order valence-corrected chi connectivity index (χ0v) is 7.97. The summed E-state index contributed by atoms with van der Waals surface area (Å²) in [6, 6.07) is 0. The van der Waals surface area contributed by atoms with Gasteiger partial charge in [-0.05, 0) is 6.08 Å². The number of hydrogen-bond donors (Lipinski definition) is 0. The van der Waals surface area contributed by atoms with Crippen molar-refractivity contribution in [3.8, 4) is 0 Å². The number of allylic oxidation sites excluding steroid dienone is 2. The van der Waals surface area contributed by atoms with E-state index >= 15 is 0 Å². The summed E-state index contributed by atoms with van der Waals surface area (Å²) in [4.78, 5) is 20.5. The third-order valence-electron chi connectivity index (χ3n) is 1.71. The Morgan fingerprint density at radius 3 is 2.86 bits per heavy atom. The molecule has 0 radical (unpaired) electrons. The lowest BCUT2D eigenvalue weighted by molar-refractivity contribution is -0.120. The van der Waals surface area contributed by atoms with Crippen molar-refractivity contribution in [2.24, 2.45) is 9.98 Å². The van der Waals surface area contributed by atoms with Gasteiger partial charge < -0.3 is 4.90 Å². The highest BCUT2D eigenvalue weighted by Crippen LogP contribution is 2.10. The van der Waals surface area contributed by atoms with Gasteiger partial charge in [0.15, 0.2) is 5.84 Å². The normalized spacial score (nSPS) is 21.8. The van der Waals surface area contributed by atoms with Crippen molar-refractivity contribution in [2.75, 3.05) is 7.05 Å². The van der Waals surface area contributed by atoms with Crippen molar-refractivity contribution in [3.63, 3.8) is 0 Å². The molecule has 4 nitrogen and oxygen atoms in total. The molecule has 1 amide bonds. The van der Waals surface area contributed by atoms with Crippen molar-refractivity contribution in [3.05, 3.63) is 37.2 Å². The van der Waals surface area contributed by atoms with Gasteiger partial charge in [0.05, 0.1) is 11.9 Å². The standard InChI is InChI=1S/C10H11N3O/c1-4-6-8-10(11-5-2)12-7-9(14)13(8)3/h4-7H,1-2H2,3H3. The van der Waals surface area contributed by atoms with Gasteiger partial charge in [0.1, 0.15) is 0 Å². The fraction of sp³-hybridized carbons (Fsp3) is 0.100. The van der Waals surface area contributed by atoms with E-state index in [1.54, 1.807) is 19.2 Å². The van der Waals surface area contributed by atoms with Crippen LogP contribution >= 0.6 is 0 Å². The Bertz CT molecular complexity index is 364. The van der Waals surface area contributed by atoms with Gasteiger partial charge in [0, 0.05) is 13.2 Å². The Morgan fingerprint density at radius 1 is 1.57 bits per heavy atom. The number of amidine groups is 1.